The Morgan fingerprint density at radius 1 is 1.10 bits per heavy atom. The number of likely N-dealkylation sites (tertiary alicyclic amines) is 1. The second kappa shape index (κ2) is 5.50. The summed E-state index contributed by atoms with van der Waals surface area (Å²) >= 11 is 0. The fourth-order valence-electron chi connectivity index (χ4n) is 3.11. The number of benzene rings is 1. The van der Waals surface area contributed by atoms with Gasteiger partial charge in [-0.15, -0.1) is 0 Å². The normalized spacial score (nSPS) is 24.2. The fraction of sp³-hybridized carbons (Fsp3) is 0.667. The minimum atomic E-state index is 0.252. The first-order chi connectivity index (χ1) is 9.52. The Labute approximate surface area is 123 Å². The summed E-state index contributed by atoms with van der Waals surface area (Å²) in [5.74, 6) is 0. The Morgan fingerprint density at radius 2 is 1.80 bits per heavy atom. The zero-order chi connectivity index (χ0) is 14.2. The van der Waals surface area contributed by atoms with Gasteiger partial charge in [-0.2, -0.15) is 0 Å². The van der Waals surface area contributed by atoms with E-state index in [9.17, 15) is 0 Å². The molecule has 1 aliphatic heterocycles. The van der Waals surface area contributed by atoms with Gasteiger partial charge in [0.1, 0.15) is 0 Å². The molecule has 2 fully saturated rings. The second-order valence-corrected chi connectivity index (χ2v) is 7.54. The Balaban J connectivity index is 1.48. The molecule has 0 amide bonds. The number of hydrogen-bond donors (Lipinski definition) is 1. The minimum Gasteiger partial charge on any atom is -0.309 e. The van der Waals surface area contributed by atoms with Crippen LogP contribution in [0.5, 0.6) is 0 Å². The van der Waals surface area contributed by atoms with E-state index in [1.165, 1.54) is 43.5 Å². The van der Waals surface area contributed by atoms with Gasteiger partial charge in [-0.05, 0) is 35.8 Å². The molecule has 0 radical (unpaired) electrons. The zero-order valence-electron chi connectivity index (χ0n) is 13.2. The highest BCUT2D eigenvalue weighted by Crippen LogP contribution is 2.29. The van der Waals surface area contributed by atoms with Gasteiger partial charge in [0.2, 0.25) is 0 Å². The van der Waals surface area contributed by atoms with Gasteiger partial charge in [0.15, 0.2) is 0 Å². The Bertz CT molecular complexity index is 439. The van der Waals surface area contributed by atoms with E-state index >= 15 is 0 Å². The smallest absolute Gasteiger partial charge is 0.0210 e. The Kier molecular flexibility index (Phi) is 3.87. The van der Waals surface area contributed by atoms with Crippen molar-refractivity contribution >= 4 is 0 Å². The molecule has 0 bridgehead atoms. The van der Waals surface area contributed by atoms with Gasteiger partial charge >= 0.3 is 0 Å². The van der Waals surface area contributed by atoms with E-state index in [4.69, 9.17) is 0 Å². The molecular formula is C18H28N2. The number of rotatable bonds is 4. The molecule has 0 spiro atoms. The molecule has 1 heterocycles. The molecule has 1 saturated heterocycles. The molecule has 20 heavy (non-hydrogen) atoms. The average Bonchev–Trinajstić information content (AvgIpc) is 3.15. The first-order valence-corrected chi connectivity index (χ1v) is 8.09. The molecule has 110 valence electrons. The van der Waals surface area contributed by atoms with Crippen LogP contribution in [0.4, 0.5) is 0 Å². The van der Waals surface area contributed by atoms with Crippen molar-refractivity contribution in [3.05, 3.63) is 35.4 Å². The maximum atomic E-state index is 3.73. The van der Waals surface area contributed by atoms with Gasteiger partial charge in [-0.3, -0.25) is 4.90 Å². The van der Waals surface area contributed by atoms with E-state index in [-0.39, 0.29) is 5.41 Å². The van der Waals surface area contributed by atoms with E-state index in [0.717, 1.165) is 12.6 Å². The largest absolute Gasteiger partial charge is 0.309 e. The first kappa shape index (κ1) is 14.1. The maximum absolute atomic E-state index is 3.73. The summed E-state index contributed by atoms with van der Waals surface area (Å²) in [7, 11) is 0. The maximum Gasteiger partial charge on any atom is 0.0210 e. The van der Waals surface area contributed by atoms with Crippen molar-refractivity contribution in [2.75, 3.05) is 13.1 Å². The molecule has 1 N–H and O–H groups in total. The molecular weight excluding hydrogens is 244 g/mol. The van der Waals surface area contributed by atoms with Crippen LogP contribution in [0.3, 0.4) is 0 Å². The molecule has 1 aromatic rings. The van der Waals surface area contributed by atoms with Crippen molar-refractivity contribution in [1.29, 1.82) is 0 Å². The summed E-state index contributed by atoms with van der Waals surface area (Å²) in [6.07, 6.45) is 4.18. The van der Waals surface area contributed by atoms with E-state index in [1.807, 2.05) is 0 Å². The zero-order valence-corrected chi connectivity index (χ0v) is 13.2. The monoisotopic (exact) mass is 272 g/mol. The van der Waals surface area contributed by atoms with Gasteiger partial charge in [0, 0.05) is 31.7 Å². The van der Waals surface area contributed by atoms with E-state index in [0.29, 0.717) is 6.04 Å². The van der Waals surface area contributed by atoms with Crippen molar-refractivity contribution in [1.82, 2.24) is 10.2 Å². The van der Waals surface area contributed by atoms with Gasteiger partial charge in [-0.1, -0.05) is 45.0 Å². The molecule has 1 aliphatic carbocycles. The molecule has 1 aromatic carbocycles. The van der Waals surface area contributed by atoms with Crippen molar-refractivity contribution in [2.24, 2.45) is 0 Å². The molecule has 2 aliphatic rings. The van der Waals surface area contributed by atoms with Crippen LogP contribution in [0.15, 0.2) is 24.3 Å². The van der Waals surface area contributed by atoms with Crippen LogP contribution in [0.25, 0.3) is 0 Å². The highest BCUT2D eigenvalue weighted by Gasteiger charge is 2.33. The summed E-state index contributed by atoms with van der Waals surface area (Å²) in [6.45, 7) is 10.4. The molecule has 1 atom stereocenters. The molecule has 1 unspecified atom stereocenters. The molecule has 1 saturated carbocycles. The standard InChI is InChI=1S/C18H28N2/c1-18(2,3)15-6-4-14(5-7-15)12-19-16-10-11-20(13-16)17-8-9-17/h4-7,16-17,19H,8-13H2,1-3H3. The predicted molar refractivity (Wildman–Crippen MR) is 85.0 cm³/mol. The lowest BCUT2D eigenvalue weighted by Crippen LogP contribution is -2.32. The number of hydrogen-bond acceptors (Lipinski definition) is 2. The topological polar surface area (TPSA) is 15.3 Å². The summed E-state index contributed by atoms with van der Waals surface area (Å²) < 4.78 is 0. The van der Waals surface area contributed by atoms with E-state index in [2.05, 4.69) is 55.3 Å². The second-order valence-electron chi connectivity index (χ2n) is 7.54. The van der Waals surface area contributed by atoms with Crippen LogP contribution in [-0.2, 0) is 12.0 Å². The third-order valence-corrected chi connectivity index (χ3v) is 4.70. The van der Waals surface area contributed by atoms with E-state index < -0.39 is 0 Å². The quantitative estimate of drug-likeness (QED) is 0.904. The SMILES string of the molecule is CC(C)(C)c1ccc(CNC2CCN(C3CC3)C2)cc1. The van der Waals surface area contributed by atoms with Crippen molar-refractivity contribution in [3.63, 3.8) is 0 Å². The number of nitrogens with one attached hydrogen (secondary N) is 1. The van der Waals surface area contributed by atoms with Crippen LogP contribution in [0.2, 0.25) is 0 Å². The van der Waals surface area contributed by atoms with Crippen molar-refractivity contribution in [3.8, 4) is 0 Å². The van der Waals surface area contributed by atoms with E-state index in [1.54, 1.807) is 0 Å². The lowest BCUT2D eigenvalue weighted by atomic mass is 9.87. The fourth-order valence-corrected chi connectivity index (χ4v) is 3.11. The number of nitrogens with zero attached hydrogens (tertiary/aromatic N) is 1. The highest BCUT2D eigenvalue weighted by atomic mass is 15.2. The molecule has 2 heteroatoms. The summed E-state index contributed by atoms with van der Waals surface area (Å²) in [5, 5.41) is 3.73. The van der Waals surface area contributed by atoms with Crippen LogP contribution in [-0.4, -0.2) is 30.1 Å². The lowest BCUT2D eigenvalue weighted by Gasteiger charge is -2.19. The molecule has 3 rings (SSSR count). The third kappa shape index (κ3) is 3.42. The summed E-state index contributed by atoms with van der Waals surface area (Å²) in [4.78, 5) is 2.67. The predicted octanol–water partition coefficient (Wildman–Crippen LogP) is 3.31. The van der Waals surface area contributed by atoms with Crippen LogP contribution < -0.4 is 5.32 Å². The molecule has 0 aromatic heterocycles. The summed E-state index contributed by atoms with van der Waals surface area (Å²) in [6, 6.07) is 10.7. The van der Waals surface area contributed by atoms with Gasteiger partial charge in [0.05, 0.1) is 0 Å². The average molecular weight is 272 g/mol. The van der Waals surface area contributed by atoms with Crippen LogP contribution in [0, 0.1) is 0 Å². The Hall–Kier alpha value is -0.860. The highest BCUT2D eigenvalue weighted by molar-refractivity contribution is 5.27. The van der Waals surface area contributed by atoms with Crippen molar-refractivity contribution in [2.45, 2.75) is 64.1 Å². The first-order valence-electron chi connectivity index (χ1n) is 8.09. The van der Waals surface area contributed by atoms with Gasteiger partial charge in [0.25, 0.3) is 0 Å². The minimum absolute atomic E-state index is 0.252. The van der Waals surface area contributed by atoms with Gasteiger partial charge in [-0.25, -0.2) is 0 Å². The van der Waals surface area contributed by atoms with Crippen LogP contribution >= 0.6 is 0 Å². The van der Waals surface area contributed by atoms with Gasteiger partial charge < -0.3 is 5.32 Å². The lowest BCUT2D eigenvalue weighted by molar-refractivity contribution is 0.317. The Morgan fingerprint density at radius 3 is 2.40 bits per heavy atom. The third-order valence-electron chi connectivity index (χ3n) is 4.70. The molecule has 2 nitrogen and oxygen atoms in total. The van der Waals surface area contributed by atoms with Crippen LogP contribution in [0.1, 0.15) is 51.2 Å². The van der Waals surface area contributed by atoms with Crippen molar-refractivity contribution < 1.29 is 0 Å². The summed E-state index contributed by atoms with van der Waals surface area (Å²) in [5.41, 5.74) is 3.08.